The van der Waals surface area contributed by atoms with Gasteiger partial charge < -0.3 is 10.1 Å². The number of amides is 1. The smallest absolute Gasteiger partial charge is 0.257 e. The number of rotatable bonds is 8. The van der Waals surface area contributed by atoms with E-state index in [-0.39, 0.29) is 17.9 Å². The van der Waals surface area contributed by atoms with E-state index >= 15 is 0 Å². The van der Waals surface area contributed by atoms with Crippen molar-refractivity contribution in [3.63, 3.8) is 0 Å². The summed E-state index contributed by atoms with van der Waals surface area (Å²) >= 11 is 3.45. The van der Waals surface area contributed by atoms with Gasteiger partial charge in [-0.2, -0.15) is 0 Å². The van der Waals surface area contributed by atoms with Gasteiger partial charge in [-0.25, -0.2) is 0 Å². The maximum Gasteiger partial charge on any atom is 0.257 e. The molecule has 0 radical (unpaired) electrons. The molecule has 2 aromatic rings. The molecule has 0 bridgehead atoms. The molecule has 0 saturated carbocycles. The first-order valence-corrected chi connectivity index (χ1v) is 9.40. The Morgan fingerprint density at radius 2 is 1.64 bits per heavy atom. The zero-order valence-corrected chi connectivity index (χ0v) is 16.7. The molecule has 0 aliphatic carbocycles. The van der Waals surface area contributed by atoms with Crippen molar-refractivity contribution in [1.29, 1.82) is 0 Å². The van der Waals surface area contributed by atoms with E-state index in [1.165, 1.54) is 11.1 Å². The first kappa shape index (κ1) is 19.5. The van der Waals surface area contributed by atoms with Crippen molar-refractivity contribution in [2.45, 2.75) is 33.6 Å². The molecule has 1 amide bonds. The van der Waals surface area contributed by atoms with Gasteiger partial charge in [-0.3, -0.25) is 4.79 Å². The number of aryl methyl sites for hydroxylation is 1. The van der Waals surface area contributed by atoms with Crippen LogP contribution in [0.3, 0.4) is 0 Å². The second kappa shape index (κ2) is 9.04. The van der Waals surface area contributed by atoms with E-state index < -0.39 is 0 Å². The highest BCUT2D eigenvalue weighted by Gasteiger charge is 2.19. The summed E-state index contributed by atoms with van der Waals surface area (Å²) in [6.07, 6.45) is 1.90. The van der Waals surface area contributed by atoms with Crippen molar-refractivity contribution >= 4 is 21.8 Å². The van der Waals surface area contributed by atoms with Crippen molar-refractivity contribution < 1.29 is 9.53 Å². The molecular weight excluding hydrogens is 378 g/mol. The van der Waals surface area contributed by atoms with E-state index in [0.717, 1.165) is 23.1 Å². The molecule has 0 atom stereocenters. The summed E-state index contributed by atoms with van der Waals surface area (Å²) in [4.78, 5) is 12.0. The highest BCUT2D eigenvalue weighted by molar-refractivity contribution is 9.10. The average Bonchev–Trinajstić information content (AvgIpc) is 2.60. The van der Waals surface area contributed by atoms with Gasteiger partial charge in [0.2, 0.25) is 0 Å². The lowest BCUT2D eigenvalue weighted by Crippen LogP contribution is -2.37. The molecule has 2 aromatic carbocycles. The second-order valence-corrected chi connectivity index (χ2v) is 7.95. The fourth-order valence-corrected chi connectivity index (χ4v) is 2.84. The van der Waals surface area contributed by atoms with Crippen LogP contribution < -0.4 is 10.1 Å². The minimum Gasteiger partial charge on any atom is -0.484 e. The van der Waals surface area contributed by atoms with Crippen LogP contribution in [0, 0.1) is 5.41 Å². The van der Waals surface area contributed by atoms with Gasteiger partial charge in [0, 0.05) is 11.0 Å². The third-order valence-electron chi connectivity index (χ3n) is 4.06. The Kier molecular flexibility index (Phi) is 7.06. The maximum absolute atomic E-state index is 12.0. The Bertz CT molecular complexity index is 678. The molecule has 0 heterocycles. The topological polar surface area (TPSA) is 38.3 Å². The Morgan fingerprint density at radius 1 is 1.04 bits per heavy atom. The minimum absolute atomic E-state index is 0.0216. The fraction of sp³-hybridized carbons (Fsp3) is 0.381. The van der Waals surface area contributed by atoms with Gasteiger partial charge in [-0.15, -0.1) is 0 Å². The molecule has 3 nitrogen and oxygen atoms in total. The molecule has 0 aromatic heterocycles. The zero-order chi connectivity index (χ0) is 18.3. The molecule has 0 aliphatic rings. The average molecular weight is 404 g/mol. The summed E-state index contributed by atoms with van der Waals surface area (Å²) in [5, 5.41) is 2.97. The van der Waals surface area contributed by atoms with Crippen molar-refractivity contribution in [2.24, 2.45) is 5.41 Å². The zero-order valence-electron chi connectivity index (χ0n) is 15.1. The molecule has 4 heteroatoms. The summed E-state index contributed by atoms with van der Waals surface area (Å²) < 4.78 is 6.62. The van der Waals surface area contributed by atoms with Crippen LogP contribution in [-0.4, -0.2) is 19.1 Å². The predicted octanol–water partition coefficient (Wildman–Crippen LogP) is 4.78. The van der Waals surface area contributed by atoms with Crippen LogP contribution in [0.15, 0.2) is 53.0 Å². The Hall–Kier alpha value is -1.81. The van der Waals surface area contributed by atoms with Crippen LogP contribution in [0.5, 0.6) is 5.75 Å². The molecule has 0 fully saturated rings. The monoisotopic (exact) mass is 403 g/mol. The summed E-state index contributed by atoms with van der Waals surface area (Å²) in [5.41, 5.74) is 2.49. The number of hydrogen-bond acceptors (Lipinski definition) is 2. The van der Waals surface area contributed by atoms with Gasteiger partial charge in [-0.1, -0.05) is 61.0 Å². The second-order valence-electron chi connectivity index (χ2n) is 7.03. The first-order chi connectivity index (χ1) is 11.9. The summed E-state index contributed by atoms with van der Waals surface area (Å²) in [6.45, 7) is 7.07. The van der Waals surface area contributed by atoms with E-state index in [1.54, 1.807) is 0 Å². The first-order valence-electron chi connectivity index (χ1n) is 8.61. The summed E-state index contributed by atoms with van der Waals surface area (Å²) in [6, 6.07) is 16.2. The number of nitrogens with one attached hydrogen (secondary N) is 1. The van der Waals surface area contributed by atoms with Crippen LogP contribution in [0.4, 0.5) is 0 Å². The van der Waals surface area contributed by atoms with Crippen LogP contribution in [0.1, 0.15) is 31.9 Å². The number of carbonyl (C=O) groups is 1. The fourth-order valence-electron chi connectivity index (χ4n) is 2.58. The molecule has 0 unspecified atom stereocenters. The molecular formula is C21H26BrNO2. The van der Waals surface area contributed by atoms with E-state index in [9.17, 15) is 4.79 Å². The quantitative estimate of drug-likeness (QED) is 0.688. The van der Waals surface area contributed by atoms with E-state index in [0.29, 0.717) is 6.54 Å². The van der Waals surface area contributed by atoms with Crippen molar-refractivity contribution in [1.82, 2.24) is 5.32 Å². The molecule has 0 saturated heterocycles. The van der Waals surface area contributed by atoms with Gasteiger partial charge in [0.15, 0.2) is 6.61 Å². The molecule has 0 spiro atoms. The van der Waals surface area contributed by atoms with Crippen molar-refractivity contribution in [2.75, 3.05) is 13.2 Å². The van der Waals surface area contributed by atoms with Gasteiger partial charge in [-0.05, 0) is 53.6 Å². The maximum atomic E-state index is 12.0. The molecule has 1 N–H and O–H groups in total. The normalized spacial score (nSPS) is 11.2. The van der Waals surface area contributed by atoms with E-state index in [1.807, 2.05) is 36.4 Å². The highest BCUT2D eigenvalue weighted by Crippen LogP contribution is 2.22. The van der Waals surface area contributed by atoms with Crippen molar-refractivity contribution in [3.05, 3.63) is 64.1 Å². The number of carbonyl (C=O) groups excluding carboxylic acids is 1. The van der Waals surface area contributed by atoms with Gasteiger partial charge in [0.25, 0.3) is 5.91 Å². The largest absolute Gasteiger partial charge is 0.484 e. The molecule has 25 heavy (non-hydrogen) atoms. The minimum atomic E-state index is -0.0940. The Labute approximate surface area is 158 Å². The van der Waals surface area contributed by atoms with E-state index in [2.05, 4.69) is 54.2 Å². The van der Waals surface area contributed by atoms with Crippen LogP contribution >= 0.6 is 15.9 Å². The lowest BCUT2D eigenvalue weighted by Gasteiger charge is -2.25. The molecule has 2 rings (SSSR count). The third-order valence-corrected chi connectivity index (χ3v) is 4.59. The number of ether oxygens (including phenoxy) is 1. The lowest BCUT2D eigenvalue weighted by molar-refractivity contribution is -0.123. The molecule has 0 aliphatic heterocycles. The van der Waals surface area contributed by atoms with Crippen LogP contribution in [0.25, 0.3) is 0 Å². The lowest BCUT2D eigenvalue weighted by atomic mass is 9.85. The van der Waals surface area contributed by atoms with Crippen LogP contribution in [-0.2, 0) is 17.6 Å². The number of halogens is 1. The SMILES string of the molecule is CCc1ccc(OCC(=O)NCC(C)(C)Cc2ccc(Br)cc2)cc1. The third kappa shape index (κ3) is 6.91. The van der Waals surface area contributed by atoms with Crippen molar-refractivity contribution in [3.8, 4) is 5.75 Å². The summed E-state index contributed by atoms with van der Waals surface area (Å²) in [5.74, 6) is 0.630. The van der Waals surface area contributed by atoms with Gasteiger partial charge in [0.05, 0.1) is 0 Å². The highest BCUT2D eigenvalue weighted by atomic mass is 79.9. The van der Waals surface area contributed by atoms with Crippen LogP contribution in [0.2, 0.25) is 0 Å². The Morgan fingerprint density at radius 3 is 2.24 bits per heavy atom. The van der Waals surface area contributed by atoms with Gasteiger partial charge >= 0.3 is 0 Å². The number of benzene rings is 2. The molecule has 134 valence electrons. The van der Waals surface area contributed by atoms with E-state index in [4.69, 9.17) is 4.74 Å². The number of hydrogen-bond donors (Lipinski definition) is 1. The Balaban J connectivity index is 1.76. The predicted molar refractivity (Wildman–Crippen MR) is 106 cm³/mol. The van der Waals surface area contributed by atoms with Gasteiger partial charge in [0.1, 0.15) is 5.75 Å². The summed E-state index contributed by atoms with van der Waals surface area (Å²) in [7, 11) is 0. The standard InChI is InChI=1S/C21H26BrNO2/c1-4-16-7-11-19(12-8-16)25-14-20(24)23-15-21(2,3)13-17-5-9-18(22)10-6-17/h5-12H,4,13-15H2,1-3H3,(H,23,24).